The maximum Gasteiger partial charge on any atom is 0.240 e. The van der Waals surface area contributed by atoms with E-state index in [1.165, 1.54) is 0 Å². The molecule has 2 N–H and O–H groups in total. The predicted molar refractivity (Wildman–Crippen MR) is 109 cm³/mol. The fraction of sp³-hybridized carbons (Fsp3) is 0.789. The highest BCUT2D eigenvalue weighted by molar-refractivity contribution is 5.86. The molecule has 28 heavy (non-hydrogen) atoms. The standard InChI is InChI=1S/C19H35N7O2/c1-6-16-24-22-14-26(16)9-8-20-18(21-11-15-7-10-28-13-15)25(5)12-17(27)23-19(2,3)4/h14-15H,6-13H2,1-5H3,(H,20,21)(H,23,27). The highest BCUT2D eigenvalue weighted by Crippen LogP contribution is 2.12. The van der Waals surface area contributed by atoms with Crippen molar-refractivity contribution in [1.29, 1.82) is 0 Å². The van der Waals surface area contributed by atoms with Gasteiger partial charge >= 0.3 is 0 Å². The van der Waals surface area contributed by atoms with Crippen molar-refractivity contribution in [2.24, 2.45) is 10.9 Å². The number of nitrogens with zero attached hydrogens (tertiary/aromatic N) is 5. The highest BCUT2D eigenvalue weighted by atomic mass is 16.5. The molecule has 1 fully saturated rings. The van der Waals surface area contributed by atoms with Crippen LogP contribution in [0.3, 0.4) is 0 Å². The SMILES string of the molecule is CCc1nncn1CCNC(=NCC1CCOC1)N(C)CC(=O)NC(C)(C)C. The molecule has 0 aromatic carbocycles. The normalized spacial score (nSPS) is 17.6. The second-order valence-corrected chi connectivity index (χ2v) is 8.27. The maximum absolute atomic E-state index is 12.3. The lowest BCUT2D eigenvalue weighted by Crippen LogP contribution is -2.49. The van der Waals surface area contributed by atoms with Crippen molar-refractivity contribution in [1.82, 2.24) is 30.3 Å². The van der Waals surface area contributed by atoms with Crippen molar-refractivity contribution < 1.29 is 9.53 Å². The van der Waals surface area contributed by atoms with Crippen LogP contribution in [-0.2, 0) is 22.5 Å². The zero-order valence-electron chi connectivity index (χ0n) is 17.9. The molecule has 0 aliphatic carbocycles. The zero-order chi connectivity index (χ0) is 20.6. The first-order valence-electron chi connectivity index (χ1n) is 10.0. The van der Waals surface area contributed by atoms with Gasteiger partial charge in [0, 0.05) is 51.2 Å². The summed E-state index contributed by atoms with van der Waals surface area (Å²) in [6.45, 7) is 11.9. The lowest BCUT2D eigenvalue weighted by molar-refractivity contribution is -0.122. The molecule has 1 aromatic rings. The molecular formula is C19H35N7O2. The third-order valence-electron chi connectivity index (χ3n) is 4.43. The van der Waals surface area contributed by atoms with Gasteiger partial charge in [-0.25, -0.2) is 0 Å². The molecule has 0 bridgehead atoms. The molecule has 1 amide bonds. The fourth-order valence-electron chi connectivity index (χ4n) is 3.03. The molecule has 1 saturated heterocycles. The molecule has 2 rings (SSSR count). The van der Waals surface area contributed by atoms with Crippen LogP contribution in [0.15, 0.2) is 11.3 Å². The topological polar surface area (TPSA) is 96.7 Å². The number of hydrogen-bond donors (Lipinski definition) is 2. The van der Waals surface area contributed by atoms with E-state index < -0.39 is 0 Å². The number of rotatable bonds is 8. The number of carbonyl (C=O) groups excluding carboxylic acids is 1. The van der Waals surface area contributed by atoms with Crippen molar-refractivity contribution in [2.75, 3.05) is 39.9 Å². The summed E-state index contributed by atoms with van der Waals surface area (Å²) in [4.78, 5) is 18.9. The van der Waals surface area contributed by atoms with Gasteiger partial charge in [0.2, 0.25) is 5.91 Å². The zero-order valence-corrected chi connectivity index (χ0v) is 17.9. The molecule has 1 aliphatic rings. The summed E-state index contributed by atoms with van der Waals surface area (Å²) in [5, 5.41) is 14.4. The second-order valence-electron chi connectivity index (χ2n) is 8.27. The van der Waals surface area contributed by atoms with Gasteiger partial charge in [-0.1, -0.05) is 6.92 Å². The molecule has 0 saturated carbocycles. The van der Waals surface area contributed by atoms with Crippen molar-refractivity contribution in [3.63, 3.8) is 0 Å². The highest BCUT2D eigenvalue weighted by Gasteiger charge is 2.19. The number of likely N-dealkylation sites (N-methyl/N-ethyl adjacent to an activating group) is 1. The summed E-state index contributed by atoms with van der Waals surface area (Å²) in [6.07, 6.45) is 3.62. The molecule has 0 radical (unpaired) electrons. The van der Waals surface area contributed by atoms with Crippen molar-refractivity contribution in [2.45, 2.75) is 52.6 Å². The minimum Gasteiger partial charge on any atom is -0.381 e. The minimum absolute atomic E-state index is 0.0271. The van der Waals surface area contributed by atoms with Crippen LogP contribution in [0.1, 0.15) is 39.9 Å². The monoisotopic (exact) mass is 393 g/mol. The molecule has 158 valence electrons. The molecule has 9 nitrogen and oxygen atoms in total. The van der Waals surface area contributed by atoms with E-state index in [0.717, 1.165) is 44.4 Å². The summed E-state index contributed by atoms with van der Waals surface area (Å²) < 4.78 is 7.47. The van der Waals surface area contributed by atoms with Gasteiger partial charge in [-0.05, 0) is 27.2 Å². The van der Waals surface area contributed by atoms with Gasteiger partial charge in [-0.2, -0.15) is 0 Å². The van der Waals surface area contributed by atoms with E-state index in [1.807, 2.05) is 37.3 Å². The Morgan fingerprint density at radius 2 is 2.25 bits per heavy atom. The first-order chi connectivity index (χ1) is 13.3. The molecule has 0 spiro atoms. The third kappa shape index (κ3) is 7.46. The summed E-state index contributed by atoms with van der Waals surface area (Å²) in [7, 11) is 1.88. The van der Waals surface area contributed by atoms with Gasteiger partial charge in [0.1, 0.15) is 12.2 Å². The Bertz CT molecular complexity index is 645. The molecule has 1 aliphatic heterocycles. The Balaban J connectivity index is 1.95. The predicted octanol–water partition coefficient (Wildman–Crippen LogP) is 0.669. The van der Waals surface area contributed by atoms with E-state index in [0.29, 0.717) is 19.0 Å². The molecular weight excluding hydrogens is 358 g/mol. The number of hydrogen-bond acceptors (Lipinski definition) is 5. The molecule has 1 atom stereocenters. The van der Waals surface area contributed by atoms with Crippen LogP contribution in [0.5, 0.6) is 0 Å². The Kier molecular flexibility index (Phi) is 8.22. The third-order valence-corrected chi connectivity index (χ3v) is 4.43. The van der Waals surface area contributed by atoms with Crippen molar-refractivity contribution >= 4 is 11.9 Å². The van der Waals surface area contributed by atoms with Crippen molar-refractivity contribution in [3.8, 4) is 0 Å². The van der Waals surface area contributed by atoms with Crippen LogP contribution in [0.25, 0.3) is 0 Å². The van der Waals surface area contributed by atoms with E-state index in [9.17, 15) is 4.79 Å². The van der Waals surface area contributed by atoms with Crippen molar-refractivity contribution in [3.05, 3.63) is 12.2 Å². The molecule has 9 heteroatoms. The lowest BCUT2D eigenvalue weighted by atomic mass is 10.1. The molecule has 1 aromatic heterocycles. The number of carbonyl (C=O) groups is 1. The smallest absolute Gasteiger partial charge is 0.240 e. The van der Waals surface area contributed by atoms with Gasteiger partial charge in [-0.3, -0.25) is 9.79 Å². The van der Waals surface area contributed by atoms with E-state index in [2.05, 4.69) is 27.8 Å². The number of guanidine groups is 1. The van der Waals surface area contributed by atoms with Crippen LogP contribution in [0, 0.1) is 5.92 Å². The Hall–Kier alpha value is -2.16. The van der Waals surface area contributed by atoms with E-state index in [-0.39, 0.29) is 18.0 Å². The van der Waals surface area contributed by atoms with Crippen LogP contribution < -0.4 is 10.6 Å². The van der Waals surface area contributed by atoms with Gasteiger partial charge < -0.3 is 24.8 Å². The van der Waals surface area contributed by atoms with Gasteiger partial charge in [0.05, 0.1) is 13.2 Å². The van der Waals surface area contributed by atoms with Gasteiger partial charge in [0.15, 0.2) is 5.96 Å². The lowest BCUT2D eigenvalue weighted by Gasteiger charge is -2.26. The van der Waals surface area contributed by atoms with E-state index in [1.54, 1.807) is 6.33 Å². The average molecular weight is 394 g/mol. The first kappa shape index (κ1) is 22.1. The number of amides is 1. The first-order valence-corrected chi connectivity index (χ1v) is 10.0. The number of aryl methyl sites for hydroxylation is 1. The Morgan fingerprint density at radius 1 is 1.46 bits per heavy atom. The Labute approximate surface area is 167 Å². The number of nitrogens with one attached hydrogen (secondary N) is 2. The van der Waals surface area contributed by atoms with E-state index >= 15 is 0 Å². The summed E-state index contributed by atoms with van der Waals surface area (Å²) in [5.41, 5.74) is -0.255. The molecule has 2 heterocycles. The quantitative estimate of drug-likeness (QED) is 0.498. The number of aromatic nitrogens is 3. The number of ether oxygens (including phenoxy) is 1. The van der Waals surface area contributed by atoms with Gasteiger partial charge in [0.25, 0.3) is 0 Å². The maximum atomic E-state index is 12.3. The fourth-order valence-corrected chi connectivity index (χ4v) is 3.03. The van der Waals surface area contributed by atoms with Crippen LogP contribution in [0.2, 0.25) is 0 Å². The van der Waals surface area contributed by atoms with Gasteiger partial charge in [-0.15, -0.1) is 10.2 Å². The minimum atomic E-state index is -0.255. The number of aliphatic imine (C=N–C) groups is 1. The average Bonchev–Trinajstić information content (AvgIpc) is 3.27. The van der Waals surface area contributed by atoms with E-state index in [4.69, 9.17) is 9.73 Å². The van der Waals surface area contributed by atoms with Crippen LogP contribution >= 0.6 is 0 Å². The van der Waals surface area contributed by atoms with Crippen LogP contribution in [-0.4, -0.2) is 77.0 Å². The van der Waals surface area contributed by atoms with Crippen LogP contribution in [0.4, 0.5) is 0 Å². The molecule has 1 unspecified atom stereocenters. The summed E-state index contributed by atoms with van der Waals surface area (Å²) in [6, 6.07) is 0. The second kappa shape index (κ2) is 10.4. The summed E-state index contributed by atoms with van der Waals surface area (Å²) in [5.74, 6) is 2.10. The summed E-state index contributed by atoms with van der Waals surface area (Å²) >= 11 is 0. The largest absolute Gasteiger partial charge is 0.381 e. The Morgan fingerprint density at radius 3 is 2.89 bits per heavy atom.